The third kappa shape index (κ3) is 14.5. The number of hydrogen-bond donors (Lipinski definition) is 0. The van der Waals surface area contributed by atoms with Crippen LogP contribution in [0.15, 0.2) is 36.5 Å². The van der Waals surface area contributed by atoms with E-state index < -0.39 is 0 Å². The first-order chi connectivity index (χ1) is 7.41. The van der Waals surface area contributed by atoms with Crippen molar-refractivity contribution in [2.75, 3.05) is 0 Å². The quantitative estimate of drug-likeness (QED) is 0.410. The minimum atomic E-state index is -0.106. The molecular formula is C12H18Cl2Pd. The molecule has 0 amide bonds. The second kappa shape index (κ2) is 14.5. The first kappa shape index (κ1) is 15.5. The molecule has 0 atom stereocenters. The maximum absolute atomic E-state index is 4.81. The molecule has 15 heavy (non-hydrogen) atoms. The van der Waals surface area contributed by atoms with Crippen LogP contribution >= 0.6 is 19.1 Å². The van der Waals surface area contributed by atoms with Crippen molar-refractivity contribution in [3.63, 3.8) is 0 Å². The van der Waals surface area contributed by atoms with Crippen molar-refractivity contribution in [3.8, 4) is 0 Å². The van der Waals surface area contributed by atoms with E-state index >= 15 is 0 Å². The Hall–Kier alpha value is 0.462. The Balaban J connectivity index is 0.000000583. The Bertz CT molecular complexity index is 147. The molecule has 90 valence electrons. The van der Waals surface area contributed by atoms with Crippen LogP contribution in [-0.4, -0.2) is 0 Å². The summed E-state index contributed by atoms with van der Waals surface area (Å²) in [5, 5.41) is 0. The van der Waals surface area contributed by atoms with Gasteiger partial charge in [-0.1, -0.05) is 36.5 Å². The van der Waals surface area contributed by atoms with Gasteiger partial charge in [0.25, 0.3) is 0 Å². The molecule has 0 aromatic carbocycles. The summed E-state index contributed by atoms with van der Waals surface area (Å²) in [6.07, 6.45) is 21.0. The van der Waals surface area contributed by atoms with Crippen molar-refractivity contribution in [1.82, 2.24) is 0 Å². The van der Waals surface area contributed by atoms with Crippen LogP contribution in [0.1, 0.15) is 38.5 Å². The normalized spacial score (nSPS) is 23.9. The second-order valence-electron chi connectivity index (χ2n) is 3.19. The van der Waals surface area contributed by atoms with Crippen molar-refractivity contribution in [2.24, 2.45) is 0 Å². The van der Waals surface area contributed by atoms with Crippen molar-refractivity contribution in [2.45, 2.75) is 38.5 Å². The van der Waals surface area contributed by atoms with Gasteiger partial charge in [0.2, 0.25) is 0 Å². The van der Waals surface area contributed by atoms with Crippen molar-refractivity contribution < 1.29 is 15.9 Å². The Labute approximate surface area is 110 Å². The molecule has 0 unspecified atom stereocenters. The van der Waals surface area contributed by atoms with Crippen LogP contribution < -0.4 is 0 Å². The third-order valence-electron chi connectivity index (χ3n) is 2.00. The third-order valence-corrected chi connectivity index (χ3v) is 2.00. The van der Waals surface area contributed by atoms with Gasteiger partial charge in [0.05, 0.1) is 0 Å². The van der Waals surface area contributed by atoms with Crippen LogP contribution in [0.2, 0.25) is 0 Å². The molecule has 0 N–H and O–H groups in total. The number of hydrogen-bond acceptors (Lipinski definition) is 0. The summed E-state index contributed by atoms with van der Waals surface area (Å²) < 4.78 is 0. The number of rotatable bonds is 0. The average Bonchev–Trinajstić information content (AvgIpc) is 2.19. The zero-order valence-corrected chi connectivity index (χ0v) is 11.8. The van der Waals surface area contributed by atoms with Crippen LogP contribution in [0.25, 0.3) is 0 Å². The molecule has 1 aliphatic carbocycles. The van der Waals surface area contributed by atoms with Crippen molar-refractivity contribution in [3.05, 3.63) is 36.5 Å². The van der Waals surface area contributed by atoms with Gasteiger partial charge < -0.3 is 0 Å². The van der Waals surface area contributed by atoms with Gasteiger partial charge in [-0.15, -0.1) is 0 Å². The summed E-state index contributed by atoms with van der Waals surface area (Å²) in [6, 6.07) is 0. The van der Waals surface area contributed by atoms with Gasteiger partial charge in [-0.3, -0.25) is 0 Å². The summed E-state index contributed by atoms with van der Waals surface area (Å²) in [7, 11) is 9.63. The van der Waals surface area contributed by atoms with Crippen molar-refractivity contribution in [1.29, 1.82) is 0 Å². The number of halogens is 2. The fourth-order valence-electron chi connectivity index (χ4n) is 1.28. The van der Waals surface area contributed by atoms with Gasteiger partial charge in [0, 0.05) is 0 Å². The molecule has 0 aliphatic heterocycles. The van der Waals surface area contributed by atoms with E-state index in [9.17, 15) is 0 Å². The summed E-state index contributed by atoms with van der Waals surface area (Å²) in [5.41, 5.74) is 0. The van der Waals surface area contributed by atoms with Gasteiger partial charge in [-0.05, 0) is 38.5 Å². The van der Waals surface area contributed by atoms with E-state index in [-0.39, 0.29) is 15.9 Å². The monoisotopic (exact) mass is 338 g/mol. The van der Waals surface area contributed by atoms with Crippen LogP contribution in [0.4, 0.5) is 0 Å². The van der Waals surface area contributed by atoms with Crippen LogP contribution in [0.5, 0.6) is 0 Å². The topological polar surface area (TPSA) is 0 Å². The van der Waals surface area contributed by atoms with E-state index in [4.69, 9.17) is 19.1 Å². The standard InChI is InChI=1S/C12H18.2ClH.Pd/c1-2-4-6-8-10-12-11-9-7-5-3-1;;;/h1-2,7-10H,3-6,11-12H2;2*1H;/q;;;+2/p-2/b2-1+,9-7+,10-8+;;;. The molecule has 0 spiro atoms. The molecule has 0 saturated heterocycles. The predicted molar refractivity (Wildman–Crippen MR) is 66.8 cm³/mol. The van der Waals surface area contributed by atoms with E-state index in [0.717, 1.165) is 0 Å². The Morgan fingerprint density at radius 3 is 0.800 bits per heavy atom. The molecular weight excluding hydrogens is 321 g/mol. The second-order valence-corrected chi connectivity index (χ2v) is 5.55. The van der Waals surface area contributed by atoms with Gasteiger partial charge in [0.1, 0.15) is 0 Å². The van der Waals surface area contributed by atoms with Crippen LogP contribution in [-0.2, 0) is 15.9 Å². The van der Waals surface area contributed by atoms with Crippen LogP contribution in [0.3, 0.4) is 0 Å². The molecule has 0 aromatic rings. The SMILES string of the molecule is C1=C/CC/C=C/CC/C=C/CC/1.[Cl][Pd][Cl]. The van der Waals surface area contributed by atoms with E-state index in [1.807, 2.05) is 0 Å². The summed E-state index contributed by atoms with van der Waals surface area (Å²) in [4.78, 5) is 0. The molecule has 3 heteroatoms. The fraction of sp³-hybridized carbons (Fsp3) is 0.500. The molecule has 0 saturated carbocycles. The van der Waals surface area contributed by atoms with Gasteiger partial charge in [0.15, 0.2) is 0 Å². The first-order valence-electron chi connectivity index (χ1n) is 5.19. The van der Waals surface area contributed by atoms with Crippen LogP contribution in [0, 0.1) is 0 Å². The molecule has 0 aromatic heterocycles. The van der Waals surface area contributed by atoms with Gasteiger partial charge in [-0.2, -0.15) is 0 Å². The van der Waals surface area contributed by atoms with E-state index in [1.165, 1.54) is 38.5 Å². The number of allylic oxidation sites excluding steroid dienone is 6. The molecule has 0 radical (unpaired) electrons. The summed E-state index contributed by atoms with van der Waals surface area (Å²) in [5.74, 6) is 0. The first-order valence-corrected chi connectivity index (χ1v) is 9.19. The Kier molecular flexibility index (Phi) is 14.9. The average molecular weight is 340 g/mol. The fourth-order valence-corrected chi connectivity index (χ4v) is 1.28. The van der Waals surface area contributed by atoms with Gasteiger partial charge in [-0.25, -0.2) is 0 Å². The summed E-state index contributed by atoms with van der Waals surface area (Å²) in [6.45, 7) is 0. The molecule has 1 aliphatic rings. The Morgan fingerprint density at radius 1 is 0.533 bits per heavy atom. The van der Waals surface area contributed by atoms with Crippen molar-refractivity contribution >= 4 is 19.1 Å². The van der Waals surface area contributed by atoms with Gasteiger partial charge >= 0.3 is 35.0 Å². The predicted octanol–water partition coefficient (Wildman–Crippen LogP) is 5.39. The van der Waals surface area contributed by atoms with E-state index in [2.05, 4.69) is 36.5 Å². The van der Waals surface area contributed by atoms with E-state index in [0.29, 0.717) is 0 Å². The molecule has 0 bridgehead atoms. The minimum absolute atomic E-state index is 0.106. The zero-order valence-electron chi connectivity index (χ0n) is 8.78. The van der Waals surface area contributed by atoms with E-state index in [1.54, 1.807) is 0 Å². The molecule has 1 rings (SSSR count). The molecule has 0 heterocycles. The molecule has 0 fully saturated rings. The zero-order chi connectivity index (χ0) is 11.2. The maximum atomic E-state index is 4.81. The Morgan fingerprint density at radius 2 is 0.667 bits per heavy atom. The molecule has 0 nitrogen and oxygen atoms in total. The summed E-state index contributed by atoms with van der Waals surface area (Å²) >= 11 is -0.106.